The van der Waals surface area contributed by atoms with E-state index in [1.165, 1.54) is 16.7 Å². The first kappa shape index (κ1) is 15.6. The lowest BCUT2D eigenvalue weighted by Gasteiger charge is -2.16. The molecule has 1 atom stereocenters. The molecule has 2 heteroatoms. The molecule has 0 fully saturated rings. The van der Waals surface area contributed by atoms with Crippen LogP contribution in [0.1, 0.15) is 49.4 Å². The second-order valence-electron chi connectivity index (χ2n) is 5.73. The van der Waals surface area contributed by atoms with Gasteiger partial charge in [0, 0.05) is 11.6 Å². The van der Waals surface area contributed by atoms with Gasteiger partial charge in [-0.05, 0) is 37.1 Å². The molecule has 0 aliphatic heterocycles. The van der Waals surface area contributed by atoms with Crippen LogP contribution in [0.15, 0.2) is 48.5 Å². The molecule has 2 nitrogen and oxygen atoms in total. The minimum Gasteiger partial charge on any atom is -0.489 e. The van der Waals surface area contributed by atoms with Crippen molar-refractivity contribution in [3.63, 3.8) is 0 Å². The average Bonchev–Trinajstić information content (AvgIpc) is 2.52. The number of rotatable bonds is 6. The summed E-state index contributed by atoms with van der Waals surface area (Å²) in [5.74, 6) is 1.52. The summed E-state index contributed by atoms with van der Waals surface area (Å²) in [6, 6.07) is 17.2. The van der Waals surface area contributed by atoms with Crippen molar-refractivity contribution in [1.82, 2.24) is 5.32 Å². The summed E-state index contributed by atoms with van der Waals surface area (Å²) in [7, 11) is 1.96. The van der Waals surface area contributed by atoms with Crippen molar-refractivity contribution in [2.24, 2.45) is 0 Å². The summed E-state index contributed by atoms with van der Waals surface area (Å²) in [5, 5.41) is 3.26. The lowest BCUT2D eigenvalue weighted by Crippen LogP contribution is -2.13. The van der Waals surface area contributed by atoms with Crippen LogP contribution in [0.3, 0.4) is 0 Å². The maximum absolute atomic E-state index is 6.01. The Bertz CT molecular complexity index is 560. The predicted octanol–water partition coefficient (Wildman–Crippen LogP) is 4.67. The van der Waals surface area contributed by atoms with Gasteiger partial charge in [-0.2, -0.15) is 0 Å². The summed E-state index contributed by atoms with van der Waals surface area (Å²) in [5.41, 5.74) is 3.76. The topological polar surface area (TPSA) is 21.3 Å². The lowest BCUT2D eigenvalue weighted by molar-refractivity contribution is 0.300. The van der Waals surface area contributed by atoms with Crippen LogP contribution < -0.4 is 10.1 Å². The number of para-hydroxylation sites is 1. The van der Waals surface area contributed by atoms with Gasteiger partial charge in [-0.15, -0.1) is 0 Å². The van der Waals surface area contributed by atoms with E-state index in [-0.39, 0.29) is 6.04 Å². The molecule has 0 aromatic heterocycles. The van der Waals surface area contributed by atoms with E-state index in [1.54, 1.807) is 0 Å². The maximum atomic E-state index is 6.01. The molecule has 0 saturated heterocycles. The molecule has 0 amide bonds. The second-order valence-corrected chi connectivity index (χ2v) is 5.73. The first-order valence-corrected chi connectivity index (χ1v) is 7.59. The molecule has 1 unspecified atom stereocenters. The van der Waals surface area contributed by atoms with Crippen molar-refractivity contribution in [3.05, 3.63) is 65.2 Å². The third-order valence-corrected chi connectivity index (χ3v) is 3.86. The quantitative estimate of drug-likeness (QED) is 0.832. The summed E-state index contributed by atoms with van der Waals surface area (Å²) in [6.07, 6.45) is 0. The minimum absolute atomic E-state index is 0.282. The fourth-order valence-electron chi connectivity index (χ4n) is 2.29. The molecular formula is C19H25NO. The highest BCUT2D eigenvalue weighted by Gasteiger charge is 2.09. The van der Waals surface area contributed by atoms with E-state index >= 15 is 0 Å². The average molecular weight is 283 g/mol. The molecule has 0 saturated carbocycles. The fraction of sp³-hybridized carbons (Fsp3) is 0.368. The number of hydrogen-bond acceptors (Lipinski definition) is 2. The Balaban J connectivity index is 2.06. The smallest absolute Gasteiger partial charge is 0.124 e. The summed E-state index contributed by atoms with van der Waals surface area (Å²) in [6.45, 7) is 7.16. The van der Waals surface area contributed by atoms with E-state index < -0.39 is 0 Å². The van der Waals surface area contributed by atoms with Gasteiger partial charge in [0.2, 0.25) is 0 Å². The van der Waals surface area contributed by atoms with Gasteiger partial charge in [0.1, 0.15) is 12.4 Å². The van der Waals surface area contributed by atoms with Gasteiger partial charge in [0.25, 0.3) is 0 Å². The molecule has 112 valence electrons. The minimum atomic E-state index is 0.282. The van der Waals surface area contributed by atoms with Gasteiger partial charge < -0.3 is 10.1 Å². The van der Waals surface area contributed by atoms with Crippen LogP contribution in [0.25, 0.3) is 0 Å². The predicted molar refractivity (Wildman–Crippen MR) is 88.8 cm³/mol. The van der Waals surface area contributed by atoms with Gasteiger partial charge in [0.05, 0.1) is 0 Å². The van der Waals surface area contributed by atoms with Crippen molar-refractivity contribution in [3.8, 4) is 5.75 Å². The van der Waals surface area contributed by atoms with E-state index in [0.717, 1.165) is 5.75 Å². The highest BCUT2D eigenvalue weighted by molar-refractivity contribution is 5.36. The van der Waals surface area contributed by atoms with Crippen molar-refractivity contribution in [1.29, 1.82) is 0 Å². The summed E-state index contributed by atoms with van der Waals surface area (Å²) in [4.78, 5) is 0. The monoisotopic (exact) mass is 283 g/mol. The first-order valence-electron chi connectivity index (χ1n) is 7.59. The molecule has 2 aromatic carbocycles. The van der Waals surface area contributed by atoms with Crippen LogP contribution in [0.5, 0.6) is 5.75 Å². The Morgan fingerprint density at radius 3 is 2.24 bits per heavy atom. The van der Waals surface area contributed by atoms with Crippen molar-refractivity contribution in [2.75, 3.05) is 7.05 Å². The van der Waals surface area contributed by atoms with E-state index in [2.05, 4.69) is 56.4 Å². The maximum Gasteiger partial charge on any atom is 0.124 e. The molecular weight excluding hydrogens is 258 g/mol. The van der Waals surface area contributed by atoms with Gasteiger partial charge in [0.15, 0.2) is 0 Å². The van der Waals surface area contributed by atoms with Gasteiger partial charge in [-0.3, -0.25) is 0 Å². The standard InChI is InChI=1S/C19H25NO/c1-14(2)17-11-9-16(10-12-17)13-21-19-8-6-5-7-18(19)15(3)20-4/h5-12,14-15,20H,13H2,1-4H3. The number of benzene rings is 2. The van der Waals surface area contributed by atoms with Crippen molar-refractivity contribution < 1.29 is 4.74 Å². The number of ether oxygens (including phenoxy) is 1. The Labute approximate surface area is 128 Å². The molecule has 21 heavy (non-hydrogen) atoms. The van der Waals surface area contributed by atoms with Crippen LogP contribution in [-0.2, 0) is 6.61 Å². The first-order chi connectivity index (χ1) is 10.1. The molecule has 2 aromatic rings. The van der Waals surface area contributed by atoms with E-state index in [1.807, 2.05) is 25.2 Å². The van der Waals surface area contributed by atoms with Crippen LogP contribution in [-0.4, -0.2) is 7.05 Å². The second kappa shape index (κ2) is 7.28. The zero-order chi connectivity index (χ0) is 15.2. The Kier molecular flexibility index (Phi) is 5.40. The normalized spacial score (nSPS) is 12.4. The zero-order valence-corrected chi connectivity index (χ0v) is 13.4. The highest BCUT2D eigenvalue weighted by Crippen LogP contribution is 2.25. The molecule has 0 spiro atoms. The molecule has 0 aliphatic rings. The third-order valence-electron chi connectivity index (χ3n) is 3.86. The van der Waals surface area contributed by atoms with E-state index in [0.29, 0.717) is 12.5 Å². The van der Waals surface area contributed by atoms with E-state index in [4.69, 9.17) is 4.74 Å². The molecule has 0 heterocycles. The lowest BCUT2D eigenvalue weighted by atomic mass is 10.0. The molecule has 2 rings (SSSR count). The molecule has 1 N–H and O–H groups in total. The van der Waals surface area contributed by atoms with Crippen LogP contribution in [0.2, 0.25) is 0 Å². The summed E-state index contributed by atoms with van der Waals surface area (Å²) >= 11 is 0. The molecule has 0 aliphatic carbocycles. The van der Waals surface area contributed by atoms with Crippen LogP contribution in [0.4, 0.5) is 0 Å². The molecule has 0 bridgehead atoms. The van der Waals surface area contributed by atoms with Gasteiger partial charge in [-0.1, -0.05) is 56.3 Å². The van der Waals surface area contributed by atoms with Crippen LogP contribution >= 0.6 is 0 Å². The summed E-state index contributed by atoms with van der Waals surface area (Å²) < 4.78 is 6.01. The number of hydrogen-bond donors (Lipinski definition) is 1. The van der Waals surface area contributed by atoms with Gasteiger partial charge >= 0.3 is 0 Å². The largest absolute Gasteiger partial charge is 0.489 e. The van der Waals surface area contributed by atoms with E-state index in [9.17, 15) is 0 Å². The number of nitrogens with one attached hydrogen (secondary N) is 1. The van der Waals surface area contributed by atoms with Crippen molar-refractivity contribution in [2.45, 2.75) is 39.3 Å². The Morgan fingerprint density at radius 1 is 0.952 bits per heavy atom. The van der Waals surface area contributed by atoms with Gasteiger partial charge in [-0.25, -0.2) is 0 Å². The molecule has 0 radical (unpaired) electrons. The highest BCUT2D eigenvalue weighted by atomic mass is 16.5. The fourth-order valence-corrected chi connectivity index (χ4v) is 2.29. The zero-order valence-electron chi connectivity index (χ0n) is 13.4. The van der Waals surface area contributed by atoms with Crippen LogP contribution in [0, 0.1) is 0 Å². The SMILES string of the molecule is CNC(C)c1ccccc1OCc1ccc(C(C)C)cc1. The third kappa shape index (κ3) is 4.08. The van der Waals surface area contributed by atoms with Crippen molar-refractivity contribution >= 4 is 0 Å². The Morgan fingerprint density at radius 2 is 1.62 bits per heavy atom. The Hall–Kier alpha value is -1.80.